The summed E-state index contributed by atoms with van der Waals surface area (Å²) >= 11 is 0. The topological polar surface area (TPSA) is 144 Å². The van der Waals surface area contributed by atoms with Crippen molar-refractivity contribution in [3.63, 3.8) is 0 Å². The Morgan fingerprint density at radius 3 is 2.31 bits per heavy atom. The van der Waals surface area contributed by atoms with Crippen LogP contribution < -0.4 is 0 Å². The van der Waals surface area contributed by atoms with Gasteiger partial charge in [0.2, 0.25) is 0 Å². The molecule has 1 aromatic carbocycles. The molecular weight excluding hydrogens is 366 g/mol. The molecule has 1 heterocycles. The van der Waals surface area contributed by atoms with Crippen LogP contribution in [0.1, 0.15) is 12.0 Å². The molecule has 2 aliphatic carbocycles. The lowest BCUT2D eigenvalue weighted by molar-refractivity contribution is -0.385. The number of hydrogen-bond donors (Lipinski definition) is 1. The van der Waals surface area contributed by atoms with Crippen molar-refractivity contribution in [2.45, 2.75) is 23.5 Å². The van der Waals surface area contributed by atoms with Crippen molar-refractivity contribution >= 4 is 32.9 Å². The molecule has 10 heteroatoms. The molecule has 0 spiro atoms. The number of fused-ring (bicyclic) bond motifs is 5. The largest absolute Gasteiger partial charge is 0.506 e. The van der Waals surface area contributed by atoms with Gasteiger partial charge in [0.1, 0.15) is 11.3 Å². The lowest BCUT2D eigenvalue weighted by Gasteiger charge is -2.23. The number of hydrogen-bond acceptors (Lipinski definition) is 8. The normalized spacial score (nSPS) is 31.6. The zero-order valence-electron chi connectivity index (χ0n) is 13.4. The number of sulfone groups is 1. The first kappa shape index (κ1) is 16.9. The summed E-state index contributed by atoms with van der Waals surface area (Å²) in [6.45, 7) is 0. The van der Waals surface area contributed by atoms with Crippen molar-refractivity contribution in [3.05, 3.63) is 39.4 Å². The molecule has 0 aromatic heterocycles. The molecule has 1 aromatic rings. The predicted octanol–water partition coefficient (Wildman–Crippen LogP) is 0.823. The van der Waals surface area contributed by atoms with Gasteiger partial charge in [0.25, 0.3) is 5.69 Å². The fourth-order valence-corrected chi connectivity index (χ4v) is 4.43. The van der Waals surface area contributed by atoms with E-state index in [0.717, 1.165) is 24.5 Å². The van der Waals surface area contributed by atoms with E-state index in [0.29, 0.717) is 6.42 Å². The summed E-state index contributed by atoms with van der Waals surface area (Å²) in [5.41, 5.74) is -1.52. The highest BCUT2D eigenvalue weighted by atomic mass is 32.2. The van der Waals surface area contributed by atoms with E-state index in [1.165, 1.54) is 0 Å². The van der Waals surface area contributed by atoms with Gasteiger partial charge in [-0.3, -0.25) is 19.7 Å². The van der Waals surface area contributed by atoms with Gasteiger partial charge < -0.3 is 9.84 Å². The van der Waals surface area contributed by atoms with Crippen LogP contribution in [0.15, 0.2) is 28.7 Å². The molecule has 0 unspecified atom stereocenters. The van der Waals surface area contributed by atoms with Crippen LogP contribution in [-0.4, -0.2) is 48.5 Å². The Kier molecular flexibility index (Phi) is 3.38. The van der Waals surface area contributed by atoms with E-state index in [1.54, 1.807) is 0 Å². The number of Topliss-reactive ketones (excluding diaryl/α,β-unsaturated/α-hetero) is 2. The molecule has 1 saturated heterocycles. The van der Waals surface area contributed by atoms with E-state index >= 15 is 0 Å². The predicted molar refractivity (Wildman–Crippen MR) is 86.0 cm³/mol. The molecule has 136 valence electrons. The van der Waals surface area contributed by atoms with Crippen molar-refractivity contribution in [2.75, 3.05) is 6.26 Å². The van der Waals surface area contributed by atoms with Gasteiger partial charge in [0, 0.05) is 12.3 Å². The fourth-order valence-electron chi connectivity index (χ4n) is 3.79. The second-order valence-corrected chi connectivity index (χ2v) is 8.69. The van der Waals surface area contributed by atoms with Crippen molar-refractivity contribution < 1.29 is 32.8 Å². The molecule has 0 amide bonds. The molecule has 4 atom stereocenters. The Morgan fingerprint density at radius 2 is 1.81 bits per heavy atom. The lowest BCUT2D eigenvalue weighted by Crippen LogP contribution is -2.34. The monoisotopic (exact) mass is 379 g/mol. The highest BCUT2D eigenvalue weighted by Gasteiger charge is 2.65. The van der Waals surface area contributed by atoms with Crippen LogP contribution in [0, 0.1) is 22.0 Å². The zero-order valence-corrected chi connectivity index (χ0v) is 14.2. The molecule has 1 N–H and O–H groups in total. The van der Waals surface area contributed by atoms with E-state index in [9.17, 15) is 33.2 Å². The minimum Gasteiger partial charge on any atom is -0.506 e. The van der Waals surface area contributed by atoms with E-state index < -0.39 is 55.2 Å². The smallest absolute Gasteiger partial charge is 0.281 e. The van der Waals surface area contributed by atoms with E-state index in [2.05, 4.69) is 0 Å². The minimum absolute atomic E-state index is 0.304. The third kappa shape index (κ3) is 2.29. The number of nitrogens with zero attached hydrogens (tertiary/aromatic N) is 1. The maximum absolute atomic E-state index is 12.6. The van der Waals surface area contributed by atoms with Gasteiger partial charge >= 0.3 is 0 Å². The van der Waals surface area contributed by atoms with Gasteiger partial charge in [0.15, 0.2) is 21.4 Å². The number of nitro groups is 1. The molecular formula is C16H13NO8S. The number of aliphatic hydroxyl groups excluding tert-OH is 1. The Labute approximate surface area is 147 Å². The number of ketones is 2. The maximum Gasteiger partial charge on any atom is 0.281 e. The second-order valence-electron chi connectivity index (χ2n) is 6.67. The second kappa shape index (κ2) is 5.21. The van der Waals surface area contributed by atoms with Crippen LogP contribution in [0.3, 0.4) is 0 Å². The number of ether oxygens (including phenoxy) is 1. The lowest BCUT2D eigenvalue weighted by atomic mass is 9.80. The van der Waals surface area contributed by atoms with E-state index in [-0.39, 0.29) is 22.7 Å². The number of allylic oxidation sites excluding steroid dienone is 1. The first-order valence-electron chi connectivity index (χ1n) is 7.77. The summed E-state index contributed by atoms with van der Waals surface area (Å²) < 4.78 is 28.5. The van der Waals surface area contributed by atoms with E-state index in [4.69, 9.17) is 4.74 Å². The summed E-state index contributed by atoms with van der Waals surface area (Å²) in [6.07, 6.45) is 0.592. The minimum atomic E-state index is -3.71. The third-order valence-corrected chi connectivity index (χ3v) is 6.23. The maximum atomic E-state index is 12.6. The average molecular weight is 379 g/mol. The van der Waals surface area contributed by atoms with Crippen LogP contribution in [-0.2, 0) is 24.2 Å². The standard InChI is InChI=1S/C16H13NO8S/c1-26(23,24)6-2-3-7(10(4-6)17(21)22)12(18)11-13(19)8-5-9(14(11)20)16-15(8)25-16/h2-4,8-9,15-16,18H,5H2,1H3/t8-,9+,15-,16+. The number of benzene rings is 1. The van der Waals surface area contributed by atoms with Crippen LogP contribution in [0.2, 0.25) is 0 Å². The Bertz CT molecular complexity index is 997. The first-order valence-corrected chi connectivity index (χ1v) is 9.66. The summed E-state index contributed by atoms with van der Waals surface area (Å²) in [5.74, 6) is -3.03. The highest BCUT2D eigenvalue weighted by Crippen LogP contribution is 2.53. The third-order valence-electron chi connectivity index (χ3n) is 5.11. The van der Waals surface area contributed by atoms with Gasteiger partial charge in [-0.1, -0.05) is 0 Å². The summed E-state index contributed by atoms with van der Waals surface area (Å²) in [4.78, 5) is 35.3. The van der Waals surface area contributed by atoms with Crippen molar-refractivity contribution in [3.8, 4) is 0 Å². The Morgan fingerprint density at radius 1 is 1.23 bits per heavy atom. The SMILES string of the molecule is CS(=O)(=O)c1ccc(C(O)=C2C(=O)[C@H]3C[C@@H](C2=O)[C@@H]2O[C@@H]23)c([N+](=O)[O-])c1. The number of epoxide rings is 1. The number of nitro benzene ring substituents is 1. The van der Waals surface area contributed by atoms with Crippen molar-refractivity contribution in [1.82, 2.24) is 0 Å². The molecule has 2 bridgehead atoms. The highest BCUT2D eigenvalue weighted by molar-refractivity contribution is 7.90. The Balaban J connectivity index is 1.87. The summed E-state index contributed by atoms with van der Waals surface area (Å²) in [7, 11) is -3.71. The molecule has 4 rings (SSSR count). The quantitative estimate of drug-likeness (QED) is 0.203. The summed E-state index contributed by atoms with van der Waals surface area (Å²) in [6, 6.07) is 2.92. The van der Waals surface area contributed by atoms with Crippen LogP contribution in [0.4, 0.5) is 5.69 Å². The molecule has 3 aliphatic rings. The van der Waals surface area contributed by atoms with Gasteiger partial charge in [-0.05, 0) is 18.6 Å². The average Bonchev–Trinajstić information content (AvgIpc) is 3.27. The number of carbonyl (C=O) groups is 2. The van der Waals surface area contributed by atoms with Crippen molar-refractivity contribution in [2.24, 2.45) is 11.8 Å². The fraction of sp³-hybridized carbons (Fsp3) is 0.375. The van der Waals surface area contributed by atoms with Crippen LogP contribution in [0.5, 0.6) is 0 Å². The van der Waals surface area contributed by atoms with Crippen LogP contribution >= 0.6 is 0 Å². The molecule has 3 fully saturated rings. The number of aliphatic hydroxyl groups is 1. The molecule has 2 saturated carbocycles. The van der Waals surface area contributed by atoms with E-state index in [1.807, 2.05) is 0 Å². The first-order chi connectivity index (χ1) is 12.1. The molecule has 26 heavy (non-hydrogen) atoms. The number of rotatable bonds is 3. The van der Waals surface area contributed by atoms with Crippen molar-refractivity contribution in [1.29, 1.82) is 0 Å². The van der Waals surface area contributed by atoms with Gasteiger partial charge in [-0.2, -0.15) is 0 Å². The van der Waals surface area contributed by atoms with Gasteiger partial charge in [-0.25, -0.2) is 8.42 Å². The van der Waals surface area contributed by atoms with Gasteiger partial charge in [0.05, 0.1) is 39.4 Å². The zero-order chi connectivity index (χ0) is 19.0. The van der Waals surface area contributed by atoms with Crippen LogP contribution in [0.25, 0.3) is 5.76 Å². The molecule has 9 nitrogen and oxygen atoms in total. The summed E-state index contributed by atoms with van der Waals surface area (Å²) in [5, 5.41) is 21.9. The number of carbonyl (C=O) groups excluding carboxylic acids is 2. The Hall–Kier alpha value is -2.59. The van der Waals surface area contributed by atoms with Gasteiger partial charge in [-0.15, -0.1) is 0 Å². The molecule has 0 radical (unpaired) electrons. The molecule has 1 aliphatic heterocycles.